The number of pyridine rings is 2. The topological polar surface area (TPSA) is 196 Å². The van der Waals surface area contributed by atoms with Crippen LogP contribution in [0.1, 0.15) is 22.5 Å². The molecule has 1 radical (unpaired) electrons. The summed E-state index contributed by atoms with van der Waals surface area (Å²) >= 11 is 0. The van der Waals surface area contributed by atoms with Crippen molar-refractivity contribution >= 4 is 44.0 Å². The van der Waals surface area contributed by atoms with Gasteiger partial charge in [0.2, 0.25) is 0 Å². The monoisotopic (exact) mass is 631 g/mol. The third-order valence-corrected chi connectivity index (χ3v) is 6.55. The van der Waals surface area contributed by atoms with Crippen LogP contribution < -0.4 is 0 Å². The third-order valence-electron chi connectivity index (χ3n) is 4.82. The molecule has 0 unspecified atom stereocenters. The Morgan fingerprint density at radius 1 is 0.650 bits per heavy atom. The molecule has 0 aliphatic rings. The molecular weight excluding hydrogens is 608 g/mol. The average Bonchev–Trinajstić information content (AvgIpc) is 2.88. The first-order valence-electron chi connectivity index (χ1n) is 11.0. The summed E-state index contributed by atoms with van der Waals surface area (Å²) in [6.07, 6.45) is 6.03. The molecule has 2 aromatic heterocycles. The van der Waals surface area contributed by atoms with E-state index in [2.05, 4.69) is 20.0 Å². The zero-order chi connectivity index (χ0) is 27.8. The van der Waals surface area contributed by atoms with Gasteiger partial charge in [0.25, 0.3) is 0 Å². The van der Waals surface area contributed by atoms with Gasteiger partial charge in [-0.25, -0.2) is 16.8 Å². The molecule has 0 aliphatic heterocycles. The first-order chi connectivity index (χ1) is 17.9. The Hall–Kier alpha value is -3.62. The maximum Gasteiger partial charge on any atom is 2.00 e. The van der Waals surface area contributed by atoms with Crippen LogP contribution in [0.5, 0.6) is 0 Å². The molecule has 0 saturated heterocycles. The SMILES string of the molecule is Cc1ccc(N=Cc2ccccn2)c(S(=O)(=O)[O-])c1.Cc1ccc(N=Cc2ccccn2)c(S(=O)(=O)[O-])c1.O.[Cu+2]. The molecule has 4 aromatic rings. The third kappa shape index (κ3) is 10.5. The number of hydrogen-bond donors (Lipinski definition) is 0. The van der Waals surface area contributed by atoms with Crippen molar-refractivity contribution < 1.29 is 48.5 Å². The summed E-state index contributed by atoms with van der Waals surface area (Å²) in [4.78, 5) is 15.4. The zero-order valence-electron chi connectivity index (χ0n) is 21.1. The van der Waals surface area contributed by atoms with Gasteiger partial charge in [0.15, 0.2) is 0 Å². The molecule has 11 nitrogen and oxygen atoms in total. The molecule has 14 heteroatoms. The average molecular weight is 632 g/mol. The van der Waals surface area contributed by atoms with Crippen molar-refractivity contribution in [1.29, 1.82) is 0 Å². The Labute approximate surface area is 243 Å². The van der Waals surface area contributed by atoms with E-state index in [4.69, 9.17) is 0 Å². The van der Waals surface area contributed by atoms with Crippen molar-refractivity contribution in [2.45, 2.75) is 23.6 Å². The zero-order valence-corrected chi connectivity index (χ0v) is 23.7. The van der Waals surface area contributed by atoms with Crippen molar-refractivity contribution in [2.24, 2.45) is 9.98 Å². The molecule has 0 fully saturated rings. The van der Waals surface area contributed by atoms with E-state index in [1.165, 1.54) is 36.7 Å². The van der Waals surface area contributed by atoms with Crippen molar-refractivity contribution in [3.63, 3.8) is 0 Å². The van der Waals surface area contributed by atoms with Crippen molar-refractivity contribution in [3.8, 4) is 0 Å². The van der Waals surface area contributed by atoms with Gasteiger partial charge in [0, 0.05) is 12.4 Å². The summed E-state index contributed by atoms with van der Waals surface area (Å²) in [5, 5.41) is 0. The molecule has 0 amide bonds. The molecule has 2 N–H and O–H groups in total. The molecule has 0 bridgehead atoms. The number of aliphatic imine (C=N–C) groups is 2. The molecule has 0 atom stereocenters. The van der Waals surface area contributed by atoms with Crippen LogP contribution in [-0.2, 0) is 37.3 Å². The van der Waals surface area contributed by atoms with Gasteiger partial charge >= 0.3 is 17.1 Å². The Bertz CT molecular complexity index is 1560. The minimum atomic E-state index is -4.54. The Morgan fingerprint density at radius 3 is 1.32 bits per heavy atom. The van der Waals surface area contributed by atoms with Crippen LogP contribution in [0.25, 0.3) is 0 Å². The second-order valence-corrected chi connectivity index (χ2v) is 10.6. The van der Waals surface area contributed by atoms with Crippen LogP contribution in [-0.4, -0.2) is 53.8 Å². The standard InChI is InChI=1S/2C13H12N2O3S.Cu.H2O/c2*1-10-5-6-12(13(8-10)19(16,17)18)15-9-11-4-2-3-7-14-11;;/h2*2-9H,1H3,(H,16,17,18);;1H2/q;;+2;/p-2. The van der Waals surface area contributed by atoms with Crippen LogP contribution in [0.4, 0.5) is 11.4 Å². The van der Waals surface area contributed by atoms with Gasteiger partial charge in [0.1, 0.15) is 20.2 Å². The molecule has 213 valence electrons. The molecule has 2 aromatic carbocycles. The van der Waals surface area contributed by atoms with Gasteiger partial charge in [0.05, 0.1) is 45.0 Å². The fourth-order valence-corrected chi connectivity index (χ4v) is 4.45. The molecule has 0 saturated carbocycles. The summed E-state index contributed by atoms with van der Waals surface area (Å²) in [5.41, 5.74) is 2.77. The van der Waals surface area contributed by atoms with E-state index in [-0.39, 0.29) is 43.7 Å². The first kappa shape index (κ1) is 34.4. The first-order valence-corrected chi connectivity index (χ1v) is 13.8. The van der Waals surface area contributed by atoms with E-state index in [9.17, 15) is 25.9 Å². The molecule has 0 spiro atoms. The quantitative estimate of drug-likeness (QED) is 0.175. The van der Waals surface area contributed by atoms with Crippen molar-refractivity contribution in [3.05, 3.63) is 108 Å². The van der Waals surface area contributed by atoms with Crippen molar-refractivity contribution in [1.82, 2.24) is 9.97 Å². The van der Waals surface area contributed by atoms with Gasteiger partial charge in [-0.1, -0.05) is 24.3 Å². The van der Waals surface area contributed by atoms with E-state index in [1.54, 1.807) is 74.8 Å². The summed E-state index contributed by atoms with van der Waals surface area (Å²) in [7, 11) is -9.09. The minimum Gasteiger partial charge on any atom is -0.744 e. The molecule has 40 heavy (non-hydrogen) atoms. The van der Waals surface area contributed by atoms with Crippen LogP contribution in [0.2, 0.25) is 0 Å². The predicted molar refractivity (Wildman–Crippen MR) is 145 cm³/mol. The molecule has 4 rings (SSSR count). The van der Waals surface area contributed by atoms with Gasteiger partial charge in [-0.2, -0.15) is 0 Å². The Kier molecular flexibility index (Phi) is 13.1. The van der Waals surface area contributed by atoms with E-state index in [1.807, 2.05) is 0 Å². The van der Waals surface area contributed by atoms with Gasteiger partial charge in [-0.05, 0) is 73.5 Å². The summed E-state index contributed by atoms with van der Waals surface area (Å²) in [5.74, 6) is 0. The maximum atomic E-state index is 11.2. The molecule has 0 aliphatic carbocycles. The number of aromatic nitrogens is 2. The normalized spacial score (nSPS) is 11.3. The maximum absolute atomic E-state index is 11.2. The largest absolute Gasteiger partial charge is 2.00 e. The van der Waals surface area contributed by atoms with Crippen LogP contribution in [0.15, 0.2) is 105 Å². The van der Waals surface area contributed by atoms with E-state index >= 15 is 0 Å². The van der Waals surface area contributed by atoms with E-state index in [0.717, 1.165) is 0 Å². The van der Waals surface area contributed by atoms with Gasteiger partial charge in [-0.15, -0.1) is 0 Å². The van der Waals surface area contributed by atoms with Gasteiger partial charge < -0.3 is 14.6 Å². The number of hydrogen-bond acceptors (Lipinski definition) is 10. The van der Waals surface area contributed by atoms with E-state index in [0.29, 0.717) is 22.5 Å². The Balaban J connectivity index is 0.000000381. The molecule has 2 heterocycles. The number of nitrogens with zero attached hydrogens (tertiary/aromatic N) is 4. The summed E-state index contributed by atoms with van der Waals surface area (Å²) < 4.78 is 67.0. The second kappa shape index (κ2) is 15.2. The van der Waals surface area contributed by atoms with Crippen molar-refractivity contribution in [2.75, 3.05) is 0 Å². The van der Waals surface area contributed by atoms with Crippen LogP contribution in [0.3, 0.4) is 0 Å². The number of rotatable bonds is 6. The minimum absolute atomic E-state index is 0. The van der Waals surface area contributed by atoms with E-state index < -0.39 is 20.2 Å². The smallest absolute Gasteiger partial charge is 0.744 e. The Morgan fingerprint density at radius 2 is 1.02 bits per heavy atom. The summed E-state index contributed by atoms with van der Waals surface area (Å²) in [6, 6.07) is 19.6. The number of aryl methyl sites for hydroxylation is 2. The van der Waals surface area contributed by atoms with Gasteiger partial charge in [-0.3, -0.25) is 20.0 Å². The fourth-order valence-electron chi connectivity index (χ4n) is 3.03. The van der Waals surface area contributed by atoms with Crippen LogP contribution in [0, 0.1) is 13.8 Å². The number of benzene rings is 2. The van der Waals surface area contributed by atoms with Crippen LogP contribution >= 0.6 is 0 Å². The fraction of sp³-hybridized carbons (Fsp3) is 0.0769. The summed E-state index contributed by atoms with van der Waals surface area (Å²) in [6.45, 7) is 3.42. The molecular formula is C26H24CuN4O7S2. The predicted octanol–water partition coefficient (Wildman–Crippen LogP) is 3.26. The second-order valence-electron chi connectivity index (χ2n) is 7.88.